The highest BCUT2D eigenvalue weighted by Crippen LogP contribution is 2.20. The van der Waals surface area contributed by atoms with Gasteiger partial charge in [0.15, 0.2) is 9.79 Å². The van der Waals surface area contributed by atoms with Gasteiger partial charge in [0.1, 0.15) is 12.9 Å². The maximum absolute atomic E-state index is 12.7. The van der Waals surface area contributed by atoms with Crippen LogP contribution in [0.5, 0.6) is 0 Å². The van der Waals surface area contributed by atoms with Crippen LogP contribution in [0.3, 0.4) is 0 Å². The summed E-state index contributed by atoms with van der Waals surface area (Å²) in [5, 5.41) is 7.84. The quantitative estimate of drug-likeness (QED) is 0.411. The molecule has 0 spiro atoms. The molecular formula is C17H19NO5S2. The molecule has 134 valence electrons. The van der Waals surface area contributed by atoms with Gasteiger partial charge in [-0.2, -0.15) is 0 Å². The van der Waals surface area contributed by atoms with Gasteiger partial charge in [-0.05, 0) is 41.0 Å². The Morgan fingerprint density at radius 2 is 1.72 bits per heavy atom. The van der Waals surface area contributed by atoms with Crippen molar-refractivity contribution >= 4 is 28.3 Å². The molecule has 0 saturated heterocycles. The third-order valence-corrected chi connectivity index (χ3v) is 5.97. The van der Waals surface area contributed by atoms with Gasteiger partial charge in [0, 0.05) is 11.2 Å². The highest BCUT2D eigenvalue weighted by atomic mass is 32.2. The summed E-state index contributed by atoms with van der Waals surface area (Å²) in [5.74, 6) is -0.783. The molecule has 0 bridgehead atoms. The molecule has 0 aliphatic rings. The number of hydrogen-bond acceptors (Lipinski definition) is 5. The van der Waals surface area contributed by atoms with E-state index in [1.807, 2.05) is 30.3 Å². The molecule has 2 aromatic carbocycles. The van der Waals surface area contributed by atoms with Crippen molar-refractivity contribution < 1.29 is 23.8 Å². The predicted octanol–water partition coefficient (Wildman–Crippen LogP) is 1.62. The first-order chi connectivity index (χ1) is 12.0. The van der Waals surface area contributed by atoms with Crippen LogP contribution in [0.2, 0.25) is 0 Å². The van der Waals surface area contributed by atoms with E-state index in [0.29, 0.717) is 9.79 Å². The zero-order chi connectivity index (χ0) is 18.2. The lowest BCUT2D eigenvalue weighted by Crippen LogP contribution is -2.41. The molecule has 6 nitrogen and oxygen atoms in total. The lowest BCUT2D eigenvalue weighted by Gasteiger charge is -2.20. The molecule has 0 heterocycles. The number of carbonyl (C=O) groups is 1. The van der Waals surface area contributed by atoms with Gasteiger partial charge in [-0.15, -0.1) is 0 Å². The van der Waals surface area contributed by atoms with Crippen LogP contribution in [0, 0.1) is 0 Å². The highest BCUT2D eigenvalue weighted by Gasteiger charge is 2.33. The molecule has 8 heteroatoms. The van der Waals surface area contributed by atoms with Crippen LogP contribution in [-0.4, -0.2) is 38.3 Å². The van der Waals surface area contributed by atoms with E-state index in [2.05, 4.69) is 0 Å². The summed E-state index contributed by atoms with van der Waals surface area (Å²) in [7, 11) is 0. The van der Waals surface area contributed by atoms with Crippen molar-refractivity contribution in [3.05, 3.63) is 60.2 Å². The summed E-state index contributed by atoms with van der Waals surface area (Å²) in [6.07, 6.45) is 1.55. The minimum Gasteiger partial charge on any atom is -0.612 e. The van der Waals surface area contributed by atoms with E-state index < -0.39 is 33.5 Å². The number of nitrogens with one attached hydrogen (secondary N) is 1. The second-order valence-electron chi connectivity index (χ2n) is 5.19. The van der Waals surface area contributed by atoms with E-state index in [4.69, 9.17) is 9.94 Å². The maximum atomic E-state index is 12.7. The molecule has 0 fully saturated rings. The Balaban J connectivity index is 2.03. The number of ether oxygens (including phenoxy) is 1. The van der Waals surface area contributed by atoms with Gasteiger partial charge in [-0.1, -0.05) is 30.3 Å². The van der Waals surface area contributed by atoms with Crippen LogP contribution < -0.4 is 5.48 Å². The minimum absolute atomic E-state index is 0.116. The Morgan fingerprint density at radius 3 is 2.28 bits per heavy atom. The second-order valence-corrected chi connectivity index (χ2v) is 8.20. The largest absolute Gasteiger partial charge is 0.612 e. The van der Waals surface area contributed by atoms with Gasteiger partial charge in [0.25, 0.3) is 5.91 Å². The van der Waals surface area contributed by atoms with Crippen molar-refractivity contribution in [3.8, 4) is 0 Å². The lowest BCUT2D eigenvalue weighted by molar-refractivity contribution is -0.129. The highest BCUT2D eigenvalue weighted by molar-refractivity contribution is 7.93. The third-order valence-electron chi connectivity index (χ3n) is 3.43. The summed E-state index contributed by atoms with van der Waals surface area (Å²) in [6, 6.07) is 15.7. The van der Waals surface area contributed by atoms with Gasteiger partial charge >= 0.3 is 0 Å². The fourth-order valence-electron chi connectivity index (χ4n) is 2.09. The molecule has 0 radical (unpaired) electrons. The van der Waals surface area contributed by atoms with E-state index in [-0.39, 0.29) is 13.2 Å². The summed E-state index contributed by atoms with van der Waals surface area (Å²) in [4.78, 5) is 12.9. The van der Waals surface area contributed by atoms with Crippen LogP contribution in [0.4, 0.5) is 0 Å². The fraction of sp³-hybridized carbons (Fsp3) is 0.235. The average molecular weight is 381 g/mol. The standard InChI is InChI=1S/C17H19NO5S2/c1-24(21)14-7-9-15(10-8-14)25(22)16(17(19)18-20)12-23-11-13-5-3-2-4-6-13/h2-10,16,20H,11-12H2,1H3,(H,18,19). The van der Waals surface area contributed by atoms with Crippen molar-refractivity contribution in [2.24, 2.45) is 0 Å². The summed E-state index contributed by atoms with van der Waals surface area (Å²) >= 11 is -2.87. The molecule has 25 heavy (non-hydrogen) atoms. The van der Waals surface area contributed by atoms with E-state index in [1.54, 1.807) is 30.5 Å². The molecule has 1 amide bonds. The summed E-state index contributed by atoms with van der Waals surface area (Å²) < 4.78 is 29.6. The molecule has 2 rings (SSSR count). The molecule has 0 aromatic heterocycles. The first kappa shape index (κ1) is 19.8. The smallest absolute Gasteiger partial charge is 0.299 e. The van der Waals surface area contributed by atoms with Crippen molar-refractivity contribution in [2.45, 2.75) is 21.6 Å². The van der Waals surface area contributed by atoms with E-state index in [9.17, 15) is 13.9 Å². The fourth-order valence-corrected chi connectivity index (χ4v) is 3.81. The molecule has 2 N–H and O–H groups in total. The molecule has 0 aliphatic carbocycles. The molecule has 3 unspecified atom stereocenters. The van der Waals surface area contributed by atoms with Crippen molar-refractivity contribution in [1.82, 2.24) is 5.48 Å². The van der Waals surface area contributed by atoms with Crippen LogP contribution >= 0.6 is 0 Å². The Hall–Kier alpha value is -1.55. The number of benzene rings is 2. The first-order valence-electron chi connectivity index (χ1n) is 7.42. The van der Waals surface area contributed by atoms with Crippen molar-refractivity contribution in [2.75, 3.05) is 12.9 Å². The number of hydroxylamine groups is 1. The van der Waals surface area contributed by atoms with Gasteiger partial charge < -0.3 is 13.8 Å². The number of carbonyl (C=O) groups excluding carboxylic acids is 1. The van der Waals surface area contributed by atoms with Crippen LogP contribution in [-0.2, 0) is 38.5 Å². The van der Waals surface area contributed by atoms with Crippen LogP contribution in [0.15, 0.2) is 64.4 Å². The summed E-state index contributed by atoms with van der Waals surface area (Å²) in [6.45, 7) is 0.149. The van der Waals surface area contributed by atoms with E-state index in [1.165, 1.54) is 5.48 Å². The zero-order valence-corrected chi connectivity index (χ0v) is 15.2. The molecule has 3 atom stereocenters. The number of rotatable bonds is 8. The number of hydrogen-bond donors (Lipinski definition) is 2. The van der Waals surface area contributed by atoms with Gasteiger partial charge in [-0.3, -0.25) is 10.0 Å². The third kappa shape index (κ3) is 5.74. The Bertz CT molecular complexity index is 666. The molecular weight excluding hydrogens is 362 g/mol. The zero-order valence-electron chi connectivity index (χ0n) is 13.6. The maximum Gasteiger partial charge on any atom is 0.299 e. The van der Waals surface area contributed by atoms with Gasteiger partial charge in [0.2, 0.25) is 5.25 Å². The minimum atomic E-state index is -1.73. The Kier molecular flexibility index (Phi) is 7.76. The van der Waals surface area contributed by atoms with Crippen molar-refractivity contribution in [1.29, 1.82) is 0 Å². The normalized spacial score (nSPS) is 14.6. The van der Waals surface area contributed by atoms with Crippen molar-refractivity contribution in [3.63, 3.8) is 0 Å². The van der Waals surface area contributed by atoms with Gasteiger partial charge in [0.05, 0.1) is 6.61 Å². The van der Waals surface area contributed by atoms with Crippen LogP contribution in [0.25, 0.3) is 0 Å². The lowest BCUT2D eigenvalue weighted by atomic mass is 10.2. The Labute approximate surface area is 152 Å². The van der Waals surface area contributed by atoms with Crippen LogP contribution in [0.1, 0.15) is 5.56 Å². The van der Waals surface area contributed by atoms with E-state index in [0.717, 1.165) is 5.56 Å². The average Bonchev–Trinajstić information content (AvgIpc) is 2.65. The SMILES string of the molecule is C[S+]([O-])c1ccc([S+]([O-])C(COCc2ccccc2)C(=O)NO)cc1. The number of amides is 1. The second kappa shape index (κ2) is 9.81. The first-order valence-corrected chi connectivity index (χ1v) is 10.2. The van der Waals surface area contributed by atoms with Gasteiger partial charge in [-0.25, -0.2) is 5.48 Å². The topological polar surface area (TPSA) is 105 Å². The molecule has 0 saturated carbocycles. The summed E-state index contributed by atoms with van der Waals surface area (Å²) in [5.41, 5.74) is 2.46. The Morgan fingerprint density at radius 1 is 1.12 bits per heavy atom. The van der Waals surface area contributed by atoms with E-state index >= 15 is 0 Å². The monoisotopic (exact) mass is 381 g/mol. The molecule has 2 aromatic rings. The molecule has 0 aliphatic heterocycles. The predicted molar refractivity (Wildman–Crippen MR) is 95.0 cm³/mol.